The first-order chi connectivity index (χ1) is 10.6. The summed E-state index contributed by atoms with van der Waals surface area (Å²) in [5.41, 5.74) is 3.36. The highest BCUT2D eigenvalue weighted by atomic mass is 35.5. The molecule has 22 heavy (non-hydrogen) atoms. The molecule has 0 saturated heterocycles. The molecule has 0 radical (unpaired) electrons. The van der Waals surface area contributed by atoms with Crippen LogP contribution in [-0.2, 0) is 0 Å². The lowest BCUT2D eigenvalue weighted by Crippen LogP contribution is -1.90. The van der Waals surface area contributed by atoms with Crippen LogP contribution >= 0.6 is 23.4 Å². The molecule has 0 saturated carbocycles. The lowest BCUT2D eigenvalue weighted by Gasteiger charge is -2.10. The molecule has 1 heterocycles. The minimum absolute atomic E-state index is 0.190. The number of rotatable bonds is 4. The molecule has 0 aliphatic carbocycles. The molecule has 0 aliphatic heterocycles. The Morgan fingerprint density at radius 2 is 1.82 bits per heavy atom. The van der Waals surface area contributed by atoms with Gasteiger partial charge in [-0.15, -0.1) is 5.10 Å². The number of thioether (sulfide) groups is 1. The zero-order valence-corrected chi connectivity index (χ0v) is 13.9. The molecule has 5 heteroatoms. The van der Waals surface area contributed by atoms with Gasteiger partial charge < -0.3 is 0 Å². The van der Waals surface area contributed by atoms with Gasteiger partial charge in [0.15, 0.2) is 5.82 Å². The molecule has 1 atom stereocenters. The van der Waals surface area contributed by atoms with Crippen LogP contribution in [0.15, 0.2) is 53.7 Å². The van der Waals surface area contributed by atoms with Gasteiger partial charge in [-0.05, 0) is 25.5 Å². The highest BCUT2D eigenvalue weighted by molar-refractivity contribution is 7.99. The number of benzene rings is 2. The Morgan fingerprint density at radius 1 is 1.09 bits per heavy atom. The minimum atomic E-state index is 0.190. The largest absolute Gasteiger partial charge is 0.258 e. The Labute approximate surface area is 139 Å². The van der Waals surface area contributed by atoms with E-state index in [0.29, 0.717) is 0 Å². The molecule has 1 aromatic heterocycles. The van der Waals surface area contributed by atoms with E-state index in [1.54, 1.807) is 11.8 Å². The third-order valence-corrected chi connectivity index (χ3v) is 4.76. The molecule has 112 valence electrons. The zero-order valence-electron chi connectivity index (χ0n) is 12.4. The number of aromatic nitrogens is 3. The van der Waals surface area contributed by atoms with Gasteiger partial charge in [0.05, 0.1) is 0 Å². The molecule has 1 N–H and O–H groups in total. The van der Waals surface area contributed by atoms with Crippen LogP contribution in [0.25, 0.3) is 11.4 Å². The van der Waals surface area contributed by atoms with Gasteiger partial charge in [0.2, 0.25) is 5.16 Å². The summed E-state index contributed by atoms with van der Waals surface area (Å²) in [5.74, 6) is 0.786. The van der Waals surface area contributed by atoms with Crippen LogP contribution in [0.3, 0.4) is 0 Å². The van der Waals surface area contributed by atoms with E-state index in [4.69, 9.17) is 11.6 Å². The second kappa shape index (κ2) is 6.55. The van der Waals surface area contributed by atoms with Crippen molar-refractivity contribution in [3.8, 4) is 11.4 Å². The molecular formula is C17H16ClN3S. The SMILES string of the molecule is Cc1ccc(-c2nc(S[C@H](C)c3ccccc3Cl)n[nH]2)cc1. The van der Waals surface area contributed by atoms with Gasteiger partial charge in [0, 0.05) is 15.8 Å². The molecule has 0 aliphatic rings. The Bertz CT molecular complexity index is 768. The number of aromatic amines is 1. The standard InChI is InChI=1S/C17H16ClN3S/c1-11-7-9-13(10-8-11)16-19-17(21-20-16)22-12(2)14-5-3-4-6-15(14)18/h3-10,12H,1-2H3,(H,19,20,21)/t12-/m1/s1. The topological polar surface area (TPSA) is 41.6 Å². The quantitative estimate of drug-likeness (QED) is 0.661. The molecule has 0 unspecified atom stereocenters. The number of aryl methyl sites for hydroxylation is 1. The molecule has 3 aromatic rings. The van der Waals surface area contributed by atoms with Gasteiger partial charge >= 0.3 is 0 Å². The molecule has 3 rings (SSSR count). The van der Waals surface area contributed by atoms with E-state index in [0.717, 1.165) is 27.1 Å². The molecule has 0 spiro atoms. The van der Waals surface area contributed by atoms with Crippen LogP contribution < -0.4 is 0 Å². The second-order valence-corrected chi connectivity index (χ2v) is 6.83. The van der Waals surface area contributed by atoms with Crippen molar-refractivity contribution in [3.05, 3.63) is 64.7 Å². The van der Waals surface area contributed by atoms with E-state index in [9.17, 15) is 0 Å². The van der Waals surface area contributed by atoms with Crippen molar-refractivity contribution in [1.29, 1.82) is 0 Å². The van der Waals surface area contributed by atoms with E-state index >= 15 is 0 Å². The van der Waals surface area contributed by atoms with Gasteiger partial charge in [0.25, 0.3) is 0 Å². The van der Waals surface area contributed by atoms with Gasteiger partial charge in [-0.25, -0.2) is 4.98 Å². The van der Waals surface area contributed by atoms with Crippen LogP contribution in [0.4, 0.5) is 0 Å². The summed E-state index contributed by atoms with van der Waals surface area (Å²) in [5, 5.41) is 8.98. The monoisotopic (exact) mass is 329 g/mol. The van der Waals surface area contributed by atoms with E-state index in [-0.39, 0.29) is 5.25 Å². The van der Waals surface area contributed by atoms with E-state index < -0.39 is 0 Å². The van der Waals surface area contributed by atoms with Crippen molar-refractivity contribution in [2.75, 3.05) is 0 Å². The Balaban J connectivity index is 1.77. The summed E-state index contributed by atoms with van der Waals surface area (Å²) in [6.45, 7) is 4.17. The predicted molar refractivity (Wildman–Crippen MR) is 92.3 cm³/mol. The lowest BCUT2D eigenvalue weighted by molar-refractivity contribution is 0.960. The summed E-state index contributed by atoms with van der Waals surface area (Å²) in [6, 6.07) is 16.1. The highest BCUT2D eigenvalue weighted by Crippen LogP contribution is 2.36. The second-order valence-electron chi connectivity index (χ2n) is 5.11. The normalized spacial score (nSPS) is 12.3. The Hall–Kier alpha value is -1.78. The first-order valence-electron chi connectivity index (χ1n) is 7.04. The van der Waals surface area contributed by atoms with Crippen molar-refractivity contribution in [3.63, 3.8) is 0 Å². The molecular weight excluding hydrogens is 314 g/mol. The van der Waals surface area contributed by atoms with Crippen LogP contribution in [-0.4, -0.2) is 15.2 Å². The first-order valence-corrected chi connectivity index (χ1v) is 8.30. The fraction of sp³-hybridized carbons (Fsp3) is 0.176. The maximum atomic E-state index is 6.24. The van der Waals surface area contributed by atoms with Gasteiger partial charge in [-0.2, -0.15) is 0 Å². The van der Waals surface area contributed by atoms with Crippen molar-refractivity contribution >= 4 is 23.4 Å². The average Bonchev–Trinajstić information content (AvgIpc) is 2.97. The number of nitrogens with zero attached hydrogens (tertiary/aromatic N) is 2. The van der Waals surface area contributed by atoms with E-state index in [2.05, 4.69) is 41.2 Å². The fourth-order valence-electron chi connectivity index (χ4n) is 2.17. The summed E-state index contributed by atoms with van der Waals surface area (Å²) in [4.78, 5) is 4.56. The zero-order chi connectivity index (χ0) is 15.5. The van der Waals surface area contributed by atoms with Gasteiger partial charge in [0.1, 0.15) is 0 Å². The summed E-state index contributed by atoms with van der Waals surface area (Å²) < 4.78 is 0. The molecule has 0 fully saturated rings. The lowest BCUT2D eigenvalue weighted by atomic mass is 10.1. The summed E-state index contributed by atoms with van der Waals surface area (Å²) in [7, 11) is 0. The minimum Gasteiger partial charge on any atom is -0.258 e. The summed E-state index contributed by atoms with van der Waals surface area (Å²) in [6.07, 6.45) is 0. The van der Waals surface area contributed by atoms with Crippen LogP contribution in [0.2, 0.25) is 5.02 Å². The van der Waals surface area contributed by atoms with Crippen molar-refractivity contribution in [2.45, 2.75) is 24.3 Å². The van der Waals surface area contributed by atoms with Crippen molar-refractivity contribution in [2.24, 2.45) is 0 Å². The van der Waals surface area contributed by atoms with Gasteiger partial charge in [-0.3, -0.25) is 5.10 Å². The molecule has 2 aromatic carbocycles. The van der Waals surface area contributed by atoms with Gasteiger partial charge in [-0.1, -0.05) is 71.4 Å². The average molecular weight is 330 g/mol. The molecule has 3 nitrogen and oxygen atoms in total. The van der Waals surface area contributed by atoms with Crippen LogP contribution in [0, 0.1) is 6.92 Å². The number of halogens is 1. The fourth-order valence-corrected chi connectivity index (χ4v) is 3.42. The third kappa shape index (κ3) is 3.34. The maximum absolute atomic E-state index is 6.24. The molecule has 0 amide bonds. The predicted octanol–water partition coefficient (Wildman–Crippen LogP) is 5.29. The van der Waals surface area contributed by atoms with Crippen molar-refractivity contribution in [1.82, 2.24) is 15.2 Å². The maximum Gasteiger partial charge on any atom is 0.209 e. The number of hydrogen-bond acceptors (Lipinski definition) is 3. The Kier molecular flexibility index (Phi) is 4.50. The number of hydrogen-bond donors (Lipinski definition) is 1. The highest BCUT2D eigenvalue weighted by Gasteiger charge is 2.14. The van der Waals surface area contributed by atoms with Crippen LogP contribution in [0.5, 0.6) is 0 Å². The Morgan fingerprint density at radius 3 is 2.55 bits per heavy atom. The number of H-pyrrole nitrogens is 1. The smallest absolute Gasteiger partial charge is 0.209 e. The first kappa shape index (κ1) is 15.1. The van der Waals surface area contributed by atoms with Crippen LogP contribution in [0.1, 0.15) is 23.3 Å². The van der Waals surface area contributed by atoms with Crippen molar-refractivity contribution < 1.29 is 0 Å². The van der Waals surface area contributed by atoms with E-state index in [1.807, 2.05) is 36.4 Å². The summed E-state index contributed by atoms with van der Waals surface area (Å²) >= 11 is 7.83. The molecule has 0 bridgehead atoms. The third-order valence-electron chi connectivity index (χ3n) is 3.42. The van der Waals surface area contributed by atoms with E-state index in [1.165, 1.54) is 5.56 Å². The number of nitrogens with one attached hydrogen (secondary N) is 1.